The van der Waals surface area contributed by atoms with Crippen molar-refractivity contribution < 1.29 is 9.59 Å². The van der Waals surface area contributed by atoms with E-state index in [0.717, 1.165) is 15.4 Å². The first-order valence-corrected chi connectivity index (χ1v) is 9.89. The van der Waals surface area contributed by atoms with Crippen molar-refractivity contribution in [3.8, 4) is 0 Å². The molecule has 0 saturated heterocycles. The molecule has 0 atom stereocenters. The average molecular weight is 391 g/mol. The SMILES string of the molecule is CC(C)c1ccccc1NC(=O)C(=O)Nc1ccccc1Sc1ccccc1. The number of rotatable bonds is 5. The third-order valence-electron chi connectivity index (χ3n) is 4.14. The monoisotopic (exact) mass is 390 g/mol. The summed E-state index contributed by atoms with van der Waals surface area (Å²) in [4.78, 5) is 26.8. The number of hydrogen-bond donors (Lipinski definition) is 2. The van der Waals surface area contributed by atoms with Crippen LogP contribution in [0.5, 0.6) is 0 Å². The molecule has 3 rings (SSSR count). The van der Waals surface area contributed by atoms with Gasteiger partial charge in [0.25, 0.3) is 0 Å². The molecule has 5 heteroatoms. The fourth-order valence-corrected chi connectivity index (χ4v) is 3.67. The van der Waals surface area contributed by atoms with Crippen LogP contribution in [0.25, 0.3) is 0 Å². The molecule has 28 heavy (non-hydrogen) atoms. The maximum atomic E-state index is 12.5. The van der Waals surface area contributed by atoms with Gasteiger partial charge in [0.1, 0.15) is 0 Å². The summed E-state index contributed by atoms with van der Waals surface area (Å²) in [7, 11) is 0. The fourth-order valence-electron chi connectivity index (χ4n) is 2.75. The van der Waals surface area contributed by atoms with E-state index in [1.54, 1.807) is 12.1 Å². The molecule has 0 unspecified atom stereocenters. The fraction of sp³-hybridized carbons (Fsp3) is 0.130. The zero-order valence-corrected chi connectivity index (χ0v) is 16.6. The van der Waals surface area contributed by atoms with Crippen molar-refractivity contribution in [2.24, 2.45) is 0 Å². The molecule has 0 aromatic heterocycles. The molecule has 142 valence electrons. The number of hydrogen-bond acceptors (Lipinski definition) is 3. The van der Waals surface area contributed by atoms with Gasteiger partial charge in [0.05, 0.1) is 5.69 Å². The lowest BCUT2D eigenvalue weighted by Gasteiger charge is -2.14. The summed E-state index contributed by atoms with van der Waals surface area (Å²) in [6.45, 7) is 4.09. The molecule has 3 aromatic carbocycles. The summed E-state index contributed by atoms with van der Waals surface area (Å²) in [5.74, 6) is -1.14. The highest BCUT2D eigenvalue weighted by atomic mass is 32.2. The van der Waals surface area contributed by atoms with Gasteiger partial charge in [-0.3, -0.25) is 9.59 Å². The average Bonchev–Trinajstić information content (AvgIpc) is 2.70. The van der Waals surface area contributed by atoms with E-state index in [-0.39, 0.29) is 5.92 Å². The maximum absolute atomic E-state index is 12.5. The minimum atomic E-state index is -0.695. The standard InChI is InChI=1S/C23H22N2O2S/c1-16(2)18-12-6-7-13-19(18)24-22(26)23(27)25-20-14-8-9-15-21(20)28-17-10-4-3-5-11-17/h3-16H,1-2H3,(H,24,26)(H,25,27). The summed E-state index contributed by atoms with van der Waals surface area (Å²) in [6.07, 6.45) is 0. The number of amides is 2. The Kier molecular flexibility index (Phi) is 6.50. The van der Waals surface area contributed by atoms with Crippen molar-refractivity contribution >= 4 is 35.0 Å². The summed E-state index contributed by atoms with van der Waals surface area (Å²) in [5.41, 5.74) is 2.25. The second-order valence-corrected chi connectivity index (χ2v) is 7.68. The molecule has 0 aliphatic rings. The van der Waals surface area contributed by atoms with Gasteiger partial charge in [-0.1, -0.05) is 74.1 Å². The zero-order valence-electron chi connectivity index (χ0n) is 15.8. The maximum Gasteiger partial charge on any atom is 0.314 e. The van der Waals surface area contributed by atoms with Gasteiger partial charge in [0.2, 0.25) is 0 Å². The lowest BCUT2D eigenvalue weighted by atomic mass is 10.0. The van der Waals surface area contributed by atoms with Crippen molar-refractivity contribution in [2.45, 2.75) is 29.6 Å². The molecule has 0 aliphatic carbocycles. The number of para-hydroxylation sites is 2. The number of carbonyl (C=O) groups excluding carboxylic acids is 2. The molecule has 0 saturated carbocycles. The van der Waals surface area contributed by atoms with Crippen molar-refractivity contribution in [3.05, 3.63) is 84.4 Å². The first-order chi connectivity index (χ1) is 13.5. The Balaban J connectivity index is 1.72. The van der Waals surface area contributed by atoms with Gasteiger partial charge in [-0.2, -0.15) is 0 Å². The van der Waals surface area contributed by atoms with Crippen LogP contribution in [0.15, 0.2) is 88.7 Å². The molecule has 0 fully saturated rings. The normalized spacial score (nSPS) is 10.5. The van der Waals surface area contributed by atoms with Crippen LogP contribution in [0, 0.1) is 0 Å². The van der Waals surface area contributed by atoms with E-state index in [4.69, 9.17) is 0 Å². The first kappa shape index (κ1) is 19.7. The summed E-state index contributed by atoms with van der Waals surface area (Å²) < 4.78 is 0. The van der Waals surface area contributed by atoms with Gasteiger partial charge < -0.3 is 10.6 Å². The van der Waals surface area contributed by atoms with Gasteiger partial charge in [0.15, 0.2) is 0 Å². The largest absolute Gasteiger partial charge is 0.318 e. The Labute approximate surface area is 169 Å². The van der Waals surface area contributed by atoms with E-state index in [2.05, 4.69) is 10.6 Å². The summed E-state index contributed by atoms with van der Waals surface area (Å²) in [5, 5.41) is 5.45. The number of benzene rings is 3. The van der Waals surface area contributed by atoms with Gasteiger partial charge in [-0.25, -0.2) is 0 Å². The van der Waals surface area contributed by atoms with Crippen LogP contribution in [0.3, 0.4) is 0 Å². The molecule has 2 amide bonds. The minimum absolute atomic E-state index is 0.238. The lowest BCUT2D eigenvalue weighted by Crippen LogP contribution is -2.29. The number of nitrogens with one attached hydrogen (secondary N) is 2. The summed E-state index contributed by atoms with van der Waals surface area (Å²) >= 11 is 1.53. The highest BCUT2D eigenvalue weighted by Crippen LogP contribution is 2.33. The first-order valence-electron chi connectivity index (χ1n) is 9.08. The van der Waals surface area contributed by atoms with Crippen LogP contribution in [0.1, 0.15) is 25.3 Å². The predicted molar refractivity (Wildman–Crippen MR) is 115 cm³/mol. The molecular weight excluding hydrogens is 368 g/mol. The van der Waals surface area contributed by atoms with Crippen molar-refractivity contribution in [3.63, 3.8) is 0 Å². The molecule has 4 nitrogen and oxygen atoms in total. The van der Waals surface area contributed by atoms with Crippen LogP contribution in [-0.2, 0) is 9.59 Å². The molecule has 3 aromatic rings. The van der Waals surface area contributed by atoms with Crippen LogP contribution < -0.4 is 10.6 Å². The Morgan fingerprint density at radius 1 is 0.714 bits per heavy atom. The minimum Gasteiger partial charge on any atom is -0.318 e. The van der Waals surface area contributed by atoms with Gasteiger partial charge >= 0.3 is 11.8 Å². The Morgan fingerprint density at radius 2 is 1.25 bits per heavy atom. The lowest BCUT2D eigenvalue weighted by molar-refractivity contribution is -0.133. The van der Waals surface area contributed by atoms with E-state index in [1.807, 2.05) is 80.6 Å². The van der Waals surface area contributed by atoms with Gasteiger partial charge in [-0.15, -0.1) is 0 Å². The van der Waals surface area contributed by atoms with E-state index in [9.17, 15) is 9.59 Å². The molecule has 0 radical (unpaired) electrons. The van der Waals surface area contributed by atoms with Crippen molar-refractivity contribution in [2.75, 3.05) is 10.6 Å². The topological polar surface area (TPSA) is 58.2 Å². The van der Waals surface area contributed by atoms with Crippen LogP contribution in [0.4, 0.5) is 11.4 Å². The Morgan fingerprint density at radius 3 is 1.93 bits per heavy atom. The van der Waals surface area contributed by atoms with Crippen molar-refractivity contribution in [1.29, 1.82) is 0 Å². The molecule has 0 heterocycles. The zero-order chi connectivity index (χ0) is 19.9. The van der Waals surface area contributed by atoms with Gasteiger partial charge in [0, 0.05) is 15.5 Å². The molecule has 0 bridgehead atoms. The second kappa shape index (κ2) is 9.24. The van der Waals surface area contributed by atoms with Crippen LogP contribution in [0.2, 0.25) is 0 Å². The highest BCUT2D eigenvalue weighted by molar-refractivity contribution is 7.99. The molecular formula is C23H22N2O2S. The van der Waals surface area contributed by atoms with Crippen LogP contribution in [-0.4, -0.2) is 11.8 Å². The smallest absolute Gasteiger partial charge is 0.314 e. The van der Waals surface area contributed by atoms with Crippen molar-refractivity contribution in [1.82, 2.24) is 0 Å². The quantitative estimate of drug-likeness (QED) is 0.563. The van der Waals surface area contributed by atoms with E-state index in [1.165, 1.54) is 11.8 Å². The number of anilines is 2. The van der Waals surface area contributed by atoms with E-state index in [0.29, 0.717) is 11.4 Å². The molecule has 0 aliphatic heterocycles. The third kappa shape index (κ3) is 5.02. The highest BCUT2D eigenvalue weighted by Gasteiger charge is 2.17. The van der Waals surface area contributed by atoms with E-state index >= 15 is 0 Å². The second-order valence-electron chi connectivity index (χ2n) is 6.56. The Hall–Kier alpha value is -3.05. The third-order valence-corrected chi connectivity index (χ3v) is 5.23. The summed E-state index contributed by atoms with van der Waals surface area (Å²) in [6, 6.07) is 24.8. The number of carbonyl (C=O) groups is 2. The van der Waals surface area contributed by atoms with E-state index < -0.39 is 11.8 Å². The van der Waals surface area contributed by atoms with Crippen LogP contribution >= 0.6 is 11.8 Å². The molecule has 2 N–H and O–H groups in total. The Bertz CT molecular complexity index is 971. The predicted octanol–water partition coefficient (Wildman–Crippen LogP) is 5.54. The van der Waals surface area contributed by atoms with Gasteiger partial charge in [-0.05, 0) is 41.8 Å². The molecule has 0 spiro atoms.